The molecule has 0 bridgehead atoms. The zero-order chi connectivity index (χ0) is 15.3. The molecule has 8 heteroatoms. The number of hydrogen-bond donors (Lipinski definition) is 0. The Morgan fingerprint density at radius 1 is 1.35 bits per heavy atom. The number of nitrogens with zero attached hydrogens (tertiary/aromatic N) is 1. The Bertz CT molecular complexity index is 566. The molecule has 1 aromatic carbocycles. The third kappa shape index (κ3) is 3.88. The zero-order valence-corrected chi connectivity index (χ0v) is 12.8. The van der Waals surface area contributed by atoms with Crippen LogP contribution in [0.4, 0.5) is 8.78 Å². The minimum atomic E-state index is -4.10. The van der Waals surface area contributed by atoms with Crippen molar-refractivity contribution in [3.05, 3.63) is 29.3 Å². The van der Waals surface area contributed by atoms with E-state index in [1.165, 1.54) is 14.2 Å². The molecule has 1 aromatic rings. The highest BCUT2D eigenvalue weighted by Gasteiger charge is 2.26. The molecular weight excluding hydrogens is 312 g/mol. The highest BCUT2D eigenvalue weighted by Crippen LogP contribution is 2.23. The fourth-order valence-corrected chi connectivity index (χ4v) is 3.09. The van der Waals surface area contributed by atoms with Crippen LogP contribution in [-0.2, 0) is 20.6 Å². The summed E-state index contributed by atoms with van der Waals surface area (Å²) in [6, 6.07) is 1.93. The minimum Gasteiger partial charge on any atom is -0.385 e. The highest BCUT2D eigenvalue weighted by molar-refractivity contribution is 7.89. The first-order valence-electron chi connectivity index (χ1n) is 5.83. The molecule has 4 nitrogen and oxygen atoms in total. The van der Waals surface area contributed by atoms with E-state index in [0.29, 0.717) is 13.0 Å². The van der Waals surface area contributed by atoms with Crippen LogP contribution in [0.2, 0.25) is 0 Å². The van der Waals surface area contributed by atoms with Gasteiger partial charge in [-0.1, -0.05) is 0 Å². The lowest BCUT2D eigenvalue weighted by Crippen LogP contribution is -2.29. The van der Waals surface area contributed by atoms with Crippen LogP contribution in [0, 0.1) is 11.6 Å². The Morgan fingerprint density at radius 2 is 2.00 bits per heavy atom. The van der Waals surface area contributed by atoms with Gasteiger partial charge in [0.1, 0.15) is 4.90 Å². The van der Waals surface area contributed by atoms with Crippen molar-refractivity contribution in [1.29, 1.82) is 0 Å². The summed E-state index contributed by atoms with van der Waals surface area (Å²) in [7, 11) is -1.31. The first-order chi connectivity index (χ1) is 9.34. The quantitative estimate of drug-likeness (QED) is 0.570. The van der Waals surface area contributed by atoms with Gasteiger partial charge in [0.25, 0.3) is 0 Å². The molecule has 0 atom stereocenters. The molecule has 1 rings (SSSR count). The topological polar surface area (TPSA) is 46.6 Å². The van der Waals surface area contributed by atoms with Crippen LogP contribution >= 0.6 is 11.6 Å². The average molecular weight is 328 g/mol. The Kier molecular flexibility index (Phi) is 6.32. The number of rotatable bonds is 7. The van der Waals surface area contributed by atoms with Gasteiger partial charge in [0.15, 0.2) is 11.6 Å². The van der Waals surface area contributed by atoms with Crippen LogP contribution in [0.5, 0.6) is 0 Å². The standard InChI is InChI=1S/C12H16ClF2NO3S/c1-16(4-3-5-19-2)20(17,18)11-7-9(8-13)6-10(14)12(11)15/h6-7H,3-5,8H2,1-2H3. The number of benzene rings is 1. The Labute approximate surface area is 122 Å². The van der Waals surface area contributed by atoms with Gasteiger partial charge in [0.05, 0.1) is 0 Å². The van der Waals surface area contributed by atoms with Gasteiger partial charge in [-0.25, -0.2) is 21.5 Å². The van der Waals surface area contributed by atoms with Crippen molar-refractivity contribution in [2.45, 2.75) is 17.2 Å². The summed E-state index contributed by atoms with van der Waals surface area (Å²) in [5.41, 5.74) is 0.203. The first kappa shape index (κ1) is 17.3. The van der Waals surface area contributed by atoms with Crippen molar-refractivity contribution >= 4 is 21.6 Å². The molecule has 0 aliphatic heterocycles. The van der Waals surface area contributed by atoms with Gasteiger partial charge in [0, 0.05) is 33.2 Å². The monoisotopic (exact) mass is 327 g/mol. The molecule has 20 heavy (non-hydrogen) atoms. The molecule has 0 amide bonds. The normalized spacial score (nSPS) is 12.1. The minimum absolute atomic E-state index is 0.104. The molecular formula is C12H16ClF2NO3S. The molecule has 0 saturated carbocycles. The third-order valence-corrected chi connectivity index (χ3v) is 4.88. The number of sulfonamides is 1. The molecule has 0 radical (unpaired) electrons. The van der Waals surface area contributed by atoms with E-state index in [2.05, 4.69) is 0 Å². The summed E-state index contributed by atoms with van der Waals surface area (Å²) in [4.78, 5) is -0.701. The Morgan fingerprint density at radius 3 is 2.55 bits per heavy atom. The molecule has 0 spiro atoms. The van der Waals surface area contributed by atoms with Gasteiger partial charge in [-0.3, -0.25) is 0 Å². The first-order valence-corrected chi connectivity index (χ1v) is 7.81. The smallest absolute Gasteiger partial charge is 0.245 e. The van der Waals surface area contributed by atoms with E-state index in [9.17, 15) is 17.2 Å². The van der Waals surface area contributed by atoms with Crippen LogP contribution in [0.25, 0.3) is 0 Å². The predicted octanol–water partition coefficient (Wildman–Crippen LogP) is 2.36. The van der Waals surface area contributed by atoms with Gasteiger partial charge in [-0.15, -0.1) is 11.6 Å². The molecule has 114 valence electrons. The van der Waals surface area contributed by atoms with E-state index in [0.717, 1.165) is 16.4 Å². The number of methoxy groups -OCH3 is 1. The third-order valence-electron chi connectivity index (χ3n) is 2.72. The lowest BCUT2D eigenvalue weighted by atomic mass is 10.2. The lowest BCUT2D eigenvalue weighted by Gasteiger charge is -2.18. The van der Waals surface area contributed by atoms with Crippen molar-refractivity contribution in [2.75, 3.05) is 27.3 Å². The van der Waals surface area contributed by atoms with Gasteiger partial charge < -0.3 is 4.74 Å². The van der Waals surface area contributed by atoms with E-state index in [1.807, 2.05) is 0 Å². The van der Waals surface area contributed by atoms with Gasteiger partial charge in [-0.2, -0.15) is 0 Å². The molecule has 0 unspecified atom stereocenters. The maximum absolute atomic E-state index is 13.7. The molecule has 0 aliphatic carbocycles. The molecule has 0 fully saturated rings. The second kappa shape index (κ2) is 7.31. The Balaban J connectivity index is 3.11. The summed E-state index contributed by atoms with van der Waals surface area (Å²) in [6.45, 7) is 0.515. The zero-order valence-electron chi connectivity index (χ0n) is 11.2. The highest BCUT2D eigenvalue weighted by atomic mass is 35.5. The van der Waals surface area contributed by atoms with Crippen molar-refractivity contribution < 1.29 is 21.9 Å². The summed E-state index contributed by atoms with van der Waals surface area (Å²) in [5.74, 6) is -2.72. The van der Waals surface area contributed by atoms with Crippen molar-refractivity contribution in [3.63, 3.8) is 0 Å². The number of hydrogen-bond acceptors (Lipinski definition) is 3. The lowest BCUT2D eigenvalue weighted by molar-refractivity contribution is 0.189. The van der Waals surface area contributed by atoms with Gasteiger partial charge in [0.2, 0.25) is 10.0 Å². The fourth-order valence-electron chi connectivity index (χ4n) is 1.60. The van der Waals surface area contributed by atoms with Gasteiger partial charge in [-0.05, 0) is 24.1 Å². The van der Waals surface area contributed by atoms with E-state index < -0.39 is 26.6 Å². The number of ether oxygens (including phenoxy) is 1. The van der Waals surface area contributed by atoms with Gasteiger partial charge >= 0.3 is 0 Å². The maximum atomic E-state index is 13.7. The molecule has 0 N–H and O–H groups in total. The largest absolute Gasteiger partial charge is 0.385 e. The Hall–Kier alpha value is -0.760. The summed E-state index contributed by atoms with van der Waals surface area (Å²) >= 11 is 5.54. The van der Waals surface area contributed by atoms with Crippen molar-refractivity contribution in [3.8, 4) is 0 Å². The van der Waals surface area contributed by atoms with E-state index in [4.69, 9.17) is 16.3 Å². The van der Waals surface area contributed by atoms with Crippen molar-refractivity contribution in [1.82, 2.24) is 4.31 Å². The average Bonchev–Trinajstić information content (AvgIpc) is 2.41. The molecule has 0 aromatic heterocycles. The van der Waals surface area contributed by atoms with E-state index in [-0.39, 0.29) is 18.0 Å². The van der Waals surface area contributed by atoms with E-state index in [1.54, 1.807) is 0 Å². The van der Waals surface area contributed by atoms with Crippen LogP contribution in [0.15, 0.2) is 17.0 Å². The second-order valence-electron chi connectivity index (χ2n) is 4.20. The SMILES string of the molecule is COCCCN(C)S(=O)(=O)c1cc(CCl)cc(F)c1F. The van der Waals surface area contributed by atoms with Crippen molar-refractivity contribution in [2.24, 2.45) is 0 Å². The summed E-state index contributed by atoms with van der Waals surface area (Å²) in [5, 5.41) is 0. The van der Waals surface area contributed by atoms with Crippen LogP contribution in [0.3, 0.4) is 0 Å². The number of halogens is 3. The molecule has 0 aliphatic rings. The summed E-state index contributed by atoms with van der Waals surface area (Å²) in [6.07, 6.45) is 0.450. The molecule has 0 heterocycles. The fraction of sp³-hybridized carbons (Fsp3) is 0.500. The maximum Gasteiger partial charge on any atom is 0.245 e. The molecule has 0 saturated heterocycles. The predicted molar refractivity (Wildman–Crippen MR) is 72.2 cm³/mol. The second-order valence-corrected chi connectivity index (χ2v) is 6.48. The van der Waals surface area contributed by atoms with Crippen LogP contribution in [0.1, 0.15) is 12.0 Å². The van der Waals surface area contributed by atoms with Crippen LogP contribution in [-0.4, -0.2) is 40.0 Å². The van der Waals surface area contributed by atoms with Crippen LogP contribution < -0.4 is 0 Å². The number of alkyl halides is 1. The summed E-state index contributed by atoms with van der Waals surface area (Å²) < 4.78 is 57.3. The van der Waals surface area contributed by atoms with E-state index >= 15 is 0 Å².